The van der Waals surface area contributed by atoms with Gasteiger partial charge in [-0.15, -0.1) is 11.3 Å². The minimum Gasteiger partial charge on any atom is -0.396 e. The van der Waals surface area contributed by atoms with Crippen molar-refractivity contribution in [2.24, 2.45) is 0 Å². The minimum atomic E-state index is -0.108. The van der Waals surface area contributed by atoms with Crippen LogP contribution in [0.15, 0.2) is 18.6 Å². The molecule has 0 aliphatic carbocycles. The highest BCUT2D eigenvalue weighted by atomic mass is 32.1. The Morgan fingerprint density at radius 1 is 1.58 bits per heavy atom. The molecule has 0 fully saturated rings. The molecule has 1 unspecified atom stereocenters. The summed E-state index contributed by atoms with van der Waals surface area (Å²) in [5, 5.41) is 7.79. The summed E-state index contributed by atoms with van der Waals surface area (Å²) in [4.78, 5) is 17.4. The molecule has 6 nitrogen and oxygen atoms in total. The molecule has 0 saturated heterocycles. The Kier molecular flexibility index (Phi) is 4.16. The number of carbonyl (C=O) groups is 1. The van der Waals surface area contributed by atoms with E-state index in [0.717, 1.165) is 11.4 Å². The van der Waals surface area contributed by atoms with Gasteiger partial charge in [-0.05, 0) is 13.3 Å². The normalized spacial score (nSPS) is 12.3. The molecule has 0 aromatic carbocycles. The van der Waals surface area contributed by atoms with Crippen LogP contribution in [0.2, 0.25) is 0 Å². The van der Waals surface area contributed by atoms with E-state index in [2.05, 4.69) is 22.3 Å². The molecule has 0 aliphatic heterocycles. The van der Waals surface area contributed by atoms with E-state index < -0.39 is 0 Å². The van der Waals surface area contributed by atoms with Crippen LogP contribution in [0.5, 0.6) is 0 Å². The number of rotatable bonds is 5. The first-order chi connectivity index (χ1) is 9.08. The topological polar surface area (TPSA) is 85.8 Å². The maximum atomic E-state index is 11.8. The molecule has 2 rings (SSSR count). The monoisotopic (exact) mass is 279 g/mol. The first-order valence-corrected chi connectivity index (χ1v) is 6.92. The van der Waals surface area contributed by atoms with E-state index in [1.54, 1.807) is 17.5 Å². The second kappa shape index (κ2) is 5.83. The van der Waals surface area contributed by atoms with E-state index in [0.29, 0.717) is 5.69 Å². The number of anilines is 1. The summed E-state index contributed by atoms with van der Waals surface area (Å²) in [5.74, 6) is -0.108. The second-order valence-corrected chi connectivity index (χ2v) is 5.43. The van der Waals surface area contributed by atoms with Crippen molar-refractivity contribution in [3.05, 3.63) is 28.5 Å². The third-order valence-electron chi connectivity index (χ3n) is 2.63. The van der Waals surface area contributed by atoms with Gasteiger partial charge < -0.3 is 11.1 Å². The van der Waals surface area contributed by atoms with Crippen LogP contribution in [0, 0.1) is 0 Å². The largest absolute Gasteiger partial charge is 0.396 e. The van der Waals surface area contributed by atoms with Crippen LogP contribution in [-0.4, -0.2) is 20.7 Å². The Hall–Kier alpha value is -1.89. The number of thiazole rings is 1. The van der Waals surface area contributed by atoms with Gasteiger partial charge in [0.05, 0.1) is 17.9 Å². The van der Waals surface area contributed by atoms with Crippen molar-refractivity contribution in [1.82, 2.24) is 20.1 Å². The third-order valence-corrected chi connectivity index (χ3v) is 3.95. The van der Waals surface area contributed by atoms with Gasteiger partial charge in [-0.25, -0.2) is 4.98 Å². The van der Waals surface area contributed by atoms with Gasteiger partial charge in [-0.2, -0.15) is 5.10 Å². The summed E-state index contributed by atoms with van der Waals surface area (Å²) >= 11 is 1.63. The lowest BCUT2D eigenvalue weighted by atomic mass is 10.3. The molecule has 3 N–H and O–H groups in total. The molecule has 0 saturated carbocycles. The fourth-order valence-corrected chi connectivity index (χ4v) is 2.51. The SMILES string of the molecule is CCc1cnc(C(C)NC(=O)Cn2cc(N)cn2)s1. The van der Waals surface area contributed by atoms with E-state index in [4.69, 9.17) is 5.73 Å². The molecular formula is C12H17N5OS. The lowest BCUT2D eigenvalue weighted by Crippen LogP contribution is -2.30. The van der Waals surface area contributed by atoms with Crippen LogP contribution in [-0.2, 0) is 17.8 Å². The van der Waals surface area contributed by atoms with Gasteiger partial charge in [-0.1, -0.05) is 6.92 Å². The van der Waals surface area contributed by atoms with Gasteiger partial charge in [0.25, 0.3) is 0 Å². The molecule has 1 amide bonds. The zero-order valence-corrected chi connectivity index (χ0v) is 11.8. The third kappa shape index (κ3) is 3.54. The number of nitrogen functional groups attached to an aromatic ring is 1. The van der Waals surface area contributed by atoms with E-state index in [1.807, 2.05) is 13.1 Å². The Labute approximate surface area is 115 Å². The van der Waals surface area contributed by atoms with Gasteiger partial charge >= 0.3 is 0 Å². The molecule has 0 spiro atoms. The van der Waals surface area contributed by atoms with E-state index in [9.17, 15) is 4.79 Å². The molecule has 0 radical (unpaired) electrons. The summed E-state index contributed by atoms with van der Waals surface area (Å²) in [6.45, 7) is 4.17. The molecule has 2 heterocycles. The van der Waals surface area contributed by atoms with Crippen molar-refractivity contribution in [3.63, 3.8) is 0 Å². The van der Waals surface area contributed by atoms with Crippen molar-refractivity contribution in [1.29, 1.82) is 0 Å². The van der Waals surface area contributed by atoms with Gasteiger partial charge in [0.2, 0.25) is 5.91 Å². The zero-order valence-electron chi connectivity index (χ0n) is 11.0. The first kappa shape index (κ1) is 13.5. The predicted molar refractivity (Wildman–Crippen MR) is 74.7 cm³/mol. The van der Waals surface area contributed by atoms with Crippen molar-refractivity contribution >= 4 is 22.9 Å². The second-order valence-electron chi connectivity index (χ2n) is 4.28. The van der Waals surface area contributed by atoms with Crippen LogP contribution in [0.1, 0.15) is 29.8 Å². The lowest BCUT2D eigenvalue weighted by Gasteiger charge is -2.11. The number of amides is 1. The summed E-state index contributed by atoms with van der Waals surface area (Å²) in [6.07, 6.45) is 5.97. The highest BCUT2D eigenvalue weighted by Crippen LogP contribution is 2.20. The van der Waals surface area contributed by atoms with Gasteiger partial charge in [-0.3, -0.25) is 9.48 Å². The van der Waals surface area contributed by atoms with E-state index in [1.165, 1.54) is 15.8 Å². The quantitative estimate of drug-likeness (QED) is 0.865. The fourth-order valence-electron chi connectivity index (χ4n) is 1.65. The lowest BCUT2D eigenvalue weighted by molar-refractivity contribution is -0.122. The Morgan fingerprint density at radius 2 is 2.37 bits per heavy atom. The number of carbonyl (C=O) groups excluding carboxylic acids is 1. The van der Waals surface area contributed by atoms with Crippen LogP contribution in [0.25, 0.3) is 0 Å². The number of nitrogens with two attached hydrogens (primary N) is 1. The van der Waals surface area contributed by atoms with Crippen molar-refractivity contribution < 1.29 is 4.79 Å². The van der Waals surface area contributed by atoms with Crippen LogP contribution < -0.4 is 11.1 Å². The van der Waals surface area contributed by atoms with Crippen molar-refractivity contribution in [3.8, 4) is 0 Å². The van der Waals surface area contributed by atoms with Gasteiger partial charge in [0.15, 0.2) is 0 Å². The standard InChI is InChI=1S/C12H17N5OS/c1-3-10-5-14-12(19-10)8(2)16-11(18)7-17-6-9(13)4-15-17/h4-6,8H,3,7,13H2,1-2H3,(H,16,18). The fraction of sp³-hybridized carbons (Fsp3) is 0.417. The average Bonchev–Trinajstić information content (AvgIpc) is 2.98. The maximum absolute atomic E-state index is 11.8. The molecule has 1 atom stereocenters. The van der Waals surface area contributed by atoms with Crippen LogP contribution in [0.4, 0.5) is 5.69 Å². The molecule has 19 heavy (non-hydrogen) atoms. The molecule has 0 aliphatic rings. The summed E-state index contributed by atoms with van der Waals surface area (Å²) in [7, 11) is 0. The Morgan fingerprint density at radius 3 is 2.95 bits per heavy atom. The highest BCUT2D eigenvalue weighted by Gasteiger charge is 2.13. The number of hydrogen-bond acceptors (Lipinski definition) is 5. The van der Waals surface area contributed by atoms with Crippen molar-refractivity contribution in [2.75, 3.05) is 5.73 Å². The summed E-state index contributed by atoms with van der Waals surface area (Å²) in [5.41, 5.74) is 6.09. The minimum absolute atomic E-state index is 0.0919. The first-order valence-electron chi connectivity index (χ1n) is 6.10. The number of hydrogen-bond donors (Lipinski definition) is 2. The Balaban J connectivity index is 1.91. The van der Waals surface area contributed by atoms with Crippen molar-refractivity contribution in [2.45, 2.75) is 32.9 Å². The zero-order chi connectivity index (χ0) is 13.8. The molecule has 102 valence electrons. The molecular weight excluding hydrogens is 262 g/mol. The highest BCUT2D eigenvalue weighted by molar-refractivity contribution is 7.11. The molecule has 0 bridgehead atoms. The number of aryl methyl sites for hydroxylation is 1. The molecule has 2 aromatic rings. The number of aromatic nitrogens is 3. The number of nitrogens with zero attached hydrogens (tertiary/aromatic N) is 3. The van der Waals surface area contributed by atoms with E-state index in [-0.39, 0.29) is 18.5 Å². The summed E-state index contributed by atoms with van der Waals surface area (Å²) < 4.78 is 1.51. The maximum Gasteiger partial charge on any atom is 0.242 e. The van der Waals surface area contributed by atoms with Crippen LogP contribution in [0.3, 0.4) is 0 Å². The average molecular weight is 279 g/mol. The smallest absolute Gasteiger partial charge is 0.242 e. The van der Waals surface area contributed by atoms with Gasteiger partial charge in [0.1, 0.15) is 11.6 Å². The van der Waals surface area contributed by atoms with Crippen LogP contribution >= 0.6 is 11.3 Å². The predicted octanol–water partition coefficient (Wildman–Crippen LogP) is 1.36. The Bertz CT molecular complexity index is 562. The van der Waals surface area contributed by atoms with Gasteiger partial charge in [0, 0.05) is 17.3 Å². The van der Waals surface area contributed by atoms with E-state index >= 15 is 0 Å². The number of nitrogens with one attached hydrogen (secondary N) is 1. The molecule has 7 heteroatoms. The molecule has 2 aromatic heterocycles. The summed E-state index contributed by atoms with van der Waals surface area (Å²) in [6, 6.07) is -0.0919.